The number of unbranched alkanes of at least 4 members (excludes halogenated alkanes) is 1. The predicted molar refractivity (Wildman–Crippen MR) is 73.8 cm³/mol. The van der Waals surface area contributed by atoms with Crippen molar-refractivity contribution in [2.45, 2.75) is 39.7 Å². The van der Waals surface area contributed by atoms with Gasteiger partial charge in [-0.25, -0.2) is 4.79 Å². The molecule has 0 fully saturated rings. The van der Waals surface area contributed by atoms with Crippen LogP contribution in [0.5, 0.6) is 0 Å². The van der Waals surface area contributed by atoms with Crippen molar-refractivity contribution in [1.82, 2.24) is 0 Å². The van der Waals surface area contributed by atoms with E-state index in [0.29, 0.717) is 12.3 Å². The van der Waals surface area contributed by atoms with Crippen molar-refractivity contribution in [3.63, 3.8) is 0 Å². The zero-order valence-corrected chi connectivity index (χ0v) is 11.3. The maximum atomic E-state index is 11.6. The molecule has 3 nitrogen and oxygen atoms in total. The summed E-state index contributed by atoms with van der Waals surface area (Å²) in [5, 5.41) is 0. The highest BCUT2D eigenvalue weighted by atomic mass is 16.5. The summed E-state index contributed by atoms with van der Waals surface area (Å²) in [5.41, 5.74) is 1.53. The van der Waals surface area contributed by atoms with Gasteiger partial charge in [0.25, 0.3) is 0 Å². The Kier molecular flexibility index (Phi) is 6.12. The van der Waals surface area contributed by atoms with Crippen LogP contribution in [0.4, 0.5) is 0 Å². The molecule has 0 saturated carbocycles. The normalized spacial score (nSPS) is 13.2. The van der Waals surface area contributed by atoms with E-state index in [4.69, 9.17) is 4.74 Å². The molecule has 0 spiro atoms. The molecule has 1 atom stereocenters. The second-order valence-corrected chi connectivity index (χ2v) is 4.29. The lowest BCUT2D eigenvalue weighted by Crippen LogP contribution is -2.16. The van der Waals surface area contributed by atoms with Crippen molar-refractivity contribution in [3.8, 4) is 0 Å². The lowest BCUT2D eigenvalue weighted by Gasteiger charge is -2.08. The van der Waals surface area contributed by atoms with E-state index in [9.17, 15) is 4.79 Å². The second kappa shape index (κ2) is 7.64. The van der Waals surface area contributed by atoms with Crippen LogP contribution < -0.4 is 0 Å². The minimum atomic E-state index is -0.314. The summed E-state index contributed by atoms with van der Waals surface area (Å²) in [7, 11) is 0. The van der Waals surface area contributed by atoms with Crippen LogP contribution in [0.2, 0.25) is 0 Å². The Bertz CT molecular complexity index is 398. The van der Waals surface area contributed by atoms with Gasteiger partial charge in [0, 0.05) is 0 Å². The van der Waals surface area contributed by atoms with Crippen molar-refractivity contribution in [2.24, 2.45) is 4.99 Å². The fourth-order valence-corrected chi connectivity index (χ4v) is 1.56. The molecule has 0 saturated heterocycles. The number of hydrogen-bond acceptors (Lipinski definition) is 3. The summed E-state index contributed by atoms with van der Waals surface area (Å²) >= 11 is 0. The molecule has 0 aliphatic heterocycles. The predicted octanol–water partition coefficient (Wildman–Crippen LogP) is 3.55. The number of ether oxygens (including phenoxy) is 1. The highest BCUT2D eigenvalue weighted by Gasteiger charge is 2.10. The molecule has 98 valence electrons. The number of aliphatic imine (C=N–C) groups is 1. The Morgan fingerprint density at radius 3 is 2.61 bits per heavy atom. The molecule has 0 radical (unpaired) electrons. The van der Waals surface area contributed by atoms with Gasteiger partial charge in [0.15, 0.2) is 0 Å². The fraction of sp³-hybridized carbons (Fsp3) is 0.467. The Morgan fingerprint density at radius 1 is 1.33 bits per heavy atom. The molecule has 0 unspecified atom stereocenters. The van der Waals surface area contributed by atoms with Crippen molar-refractivity contribution in [3.05, 3.63) is 35.9 Å². The molecular formula is C15H21NO2. The molecular weight excluding hydrogens is 226 g/mol. The fourth-order valence-electron chi connectivity index (χ4n) is 1.56. The topological polar surface area (TPSA) is 38.7 Å². The van der Waals surface area contributed by atoms with Crippen LogP contribution in [-0.2, 0) is 9.53 Å². The van der Waals surface area contributed by atoms with E-state index in [1.807, 2.05) is 37.3 Å². The Morgan fingerprint density at radius 2 is 2.00 bits per heavy atom. The molecule has 1 aromatic carbocycles. The molecule has 18 heavy (non-hydrogen) atoms. The largest absolute Gasteiger partial charge is 0.461 e. The number of carbonyl (C=O) groups is 1. The highest BCUT2D eigenvalue weighted by Crippen LogP contribution is 2.16. The number of benzene rings is 1. The first-order valence-corrected chi connectivity index (χ1v) is 6.41. The summed E-state index contributed by atoms with van der Waals surface area (Å²) in [6.45, 7) is 6.21. The third-order valence-electron chi connectivity index (χ3n) is 2.70. The van der Waals surface area contributed by atoms with Gasteiger partial charge in [0.05, 0.1) is 12.6 Å². The molecule has 0 aliphatic carbocycles. The van der Waals surface area contributed by atoms with Gasteiger partial charge in [-0.2, -0.15) is 0 Å². The van der Waals surface area contributed by atoms with Crippen LogP contribution in [0.3, 0.4) is 0 Å². The number of nitrogens with zero attached hydrogens (tertiary/aromatic N) is 1. The Hall–Kier alpha value is -1.64. The first-order valence-electron chi connectivity index (χ1n) is 6.41. The smallest absolute Gasteiger partial charge is 0.351 e. The first kappa shape index (κ1) is 14.4. The van der Waals surface area contributed by atoms with Crippen molar-refractivity contribution >= 4 is 11.7 Å². The van der Waals surface area contributed by atoms with Crippen LogP contribution >= 0.6 is 0 Å². The highest BCUT2D eigenvalue weighted by molar-refractivity contribution is 6.35. The van der Waals surface area contributed by atoms with E-state index in [2.05, 4.69) is 11.9 Å². The van der Waals surface area contributed by atoms with E-state index in [1.54, 1.807) is 6.92 Å². The van der Waals surface area contributed by atoms with Gasteiger partial charge in [-0.3, -0.25) is 4.99 Å². The van der Waals surface area contributed by atoms with Gasteiger partial charge >= 0.3 is 5.97 Å². The first-order chi connectivity index (χ1) is 8.65. The van der Waals surface area contributed by atoms with Crippen LogP contribution in [0.25, 0.3) is 0 Å². The average Bonchev–Trinajstić information content (AvgIpc) is 2.39. The van der Waals surface area contributed by atoms with Gasteiger partial charge in [0.1, 0.15) is 5.71 Å². The standard InChI is InChI=1S/C15H21NO2/c1-4-5-11-18-15(17)13(3)16-12(2)14-9-7-6-8-10-14/h6-10,12H,4-5,11H2,1-3H3/t12-/m0/s1. The van der Waals surface area contributed by atoms with E-state index >= 15 is 0 Å². The van der Waals surface area contributed by atoms with Crippen molar-refractivity contribution in [1.29, 1.82) is 0 Å². The van der Waals surface area contributed by atoms with Gasteiger partial charge in [-0.1, -0.05) is 43.7 Å². The summed E-state index contributed by atoms with van der Waals surface area (Å²) in [5.74, 6) is -0.314. The Balaban J connectivity index is 2.57. The van der Waals surface area contributed by atoms with Crippen molar-refractivity contribution < 1.29 is 9.53 Å². The quantitative estimate of drug-likeness (QED) is 0.438. The number of carbonyl (C=O) groups excluding carboxylic acids is 1. The molecule has 1 aromatic rings. The van der Waals surface area contributed by atoms with E-state index in [-0.39, 0.29) is 12.0 Å². The SMILES string of the molecule is CCCCOC(=O)C(C)=N[C@@H](C)c1ccccc1. The maximum Gasteiger partial charge on any atom is 0.351 e. The zero-order chi connectivity index (χ0) is 13.4. The van der Waals surface area contributed by atoms with Crippen molar-refractivity contribution in [2.75, 3.05) is 6.61 Å². The molecule has 0 N–H and O–H groups in total. The summed E-state index contributed by atoms with van der Waals surface area (Å²) in [6.07, 6.45) is 1.91. The van der Waals surface area contributed by atoms with E-state index in [0.717, 1.165) is 18.4 Å². The number of rotatable bonds is 6. The van der Waals surface area contributed by atoms with E-state index in [1.165, 1.54) is 0 Å². The lowest BCUT2D eigenvalue weighted by atomic mass is 10.1. The zero-order valence-electron chi connectivity index (χ0n) is 11.3. The number of hydrogen-bond donors (Lipinski definition) is 0. The monoisotopic (exact) mass is 247 g/mol. The molecule has 3 heteroatoms. The van der Waals surface area contributed by atoms with Crippen LogP contribution in [0, 0.1) is 0 Å². The van der Waals surface area contributed by atoms with Gasteiger partial charge in [-0.15, -0.1) is 0 Å². The van der Waals surface area contributed by atoms with Crippen LogP contribution in [-0.4, -0.2) is 18.3 Å². The minimum Gasteiger partial charge on any atom is -0.461 e. The summed E-state index contributed by atoms with van der Waals surface area (Å²) in [4.78, 5) is 16.0. The van der Waals surface area contributed by atoms with Gasteiger partial charge in [-0.05, 0) is 25.8 Å². The average molecular weight is 247 g/mol. The second-order valence-electron chi connectivity index (χ2n) is 4.29. The molecule has 0 bridgehead atoms. The molecule has 0 aliphatic rings. The Labute approximate surface area is 109 Å². The van der Waals surface area contributed by atoms with E-state index < -0.39 is 0 Å². The number of esters is 1. The maximum absolute atomic E-state index is 11.6. The lowest BCUT2D eigenvalue weighted by molar-refractivity contribution is -0.135. The summed E-state index contributed by atoms with van der Waals surface area (Å²) in [6, 6.07) is 9.89. The molecule has 1 rings (SSSR count). The minimum absolute atomic E-state index is 0.0232. The van der Waals surface area contributed by atoms with Gasteiger partial charge in [0.2, 0.25) is 0 Å². The molecule has 0 aromatic heterocycles. The van der Waals surface area contributed by atoms with Crippen LogP contribution in [0.15, 0.2) is 35.3 Å². The van der Waals surface area contributed by atoms with Crippen LogP contribution in [0.1, 0.15) is 45.2 Å². The molecule has 0 heterocycles. The molecule has 0 amide bonds. The third-order valence-corrected chi connectivity index (χ3v) is 2.70. The van der Waals surface area contributed by atoms with Gasteiger partial charge < -0.3 is 4.74 Å². The third kappa shape index (κ3) is 4.70. The summed E-state index contributed by atoms with van der Waals surface area (Å²) < 4.78 is 5.11.